The summed E-state index contributed by atoms with van der Waals surface area (Å²) < 4.78 is 0. The van der Waals surface area contributed by atoms with Gasteiger partial charge in [0.15, 0.2) is 0 Å². The quantitative estimate of drug-likeness (QED) is 0.589. The molecule has 1 aromatic rings. The summed E-state index contributed by atoms with van der Waals surface area (Å²) in [6.45, 7) is 2.05. The van der Waals surface area contributed by atoms with E-state index in [9.17, 15) is 24.6 Å². The predicted molar refractivity (Wildman–Crippen MR) is 111 cm³/mol. The molecule has 3 N–H and O–H groups in total. The van der Waals surface area contributed by atoms with Gasteiger partial charge in [0.05, 0.1) is 6.04 Å². The van der Waals surface area contributed by atoms with E-state index in [-0.39, 0.29) is 11.3 Å². The fraction of sp³-hybridized carbons (Fsp3) is 0.571. The molecule has 4 atom stereocenters. The van der Waals surface area contributed by atoms with Crippen molar-refractivity contribution in [1.82, 2.24) is 10.2 Å². The number of aryl methyl sites for hydroxylation is 1. The van der Waals surface area contributed by atoms with Crippen LogP contribution in [-0.2, 0) is 20.8 Å². The minimum absolute atomic E-state index is 0.122. The van der Waals surface area contributed by atoms with Crippen LogP contribution in [0.1, 0.15) is 31.7 Å². The minimum Gasteiger partial charge on any atom is -0.480 e. The van der Waals surface area contributed by atoms with Gasteiger partial charge in [-0.1, -0.05) is 30.3 Å². The van der Waals surface area contributed by atoms with Gasteiger partial charge in [-0.3, -0.25) is 14.9 Å². The molecule has 158 valence electrons. The molecule has 1 spiro atoms. The number of hydrogen-bond donors (Lipinski definition) is 3. The van der Waals surface area contributed by atoms with Crippen molar-refractivity contribution < 1.29 is 24.6 Å². The largest absolute Gasteiger partial charge is 0.480 e. The number of amides is 1. The maximum Gasteiger partial charge on any atom is 0.326 e. The number of carbonyl (C=O) groups excluding carboxylic acids is 1. The molecule has 8 heteroatoms. The highest BCUT2D eigenvalue weighted by Gasteiger charge is 2.50. The van der Waals surface area contributed by atoms with Crippen LogP contribution in [-0.4, -0.2) is 69.1 Å². The van der Waals surface area contributed by atoms with Crippen LogP contribution in [0.25, 0.3) is 0 Å². The fourth-order valence-electron chi connectivity index (χ4n) is 4.30. The van der Waals surface area contributed by atoms with E-state index < -0.39 is 30.1 Å². The van der Waals surface area contributed by atoms with E-state index >= 15 is 0 Å². The normalized spacial score (nSPS) is 25.8. The highest BCUT2D eigenvalue weighted by molar-refractivity contribution is 7.99. The molecule has 29 heavy (non-hydrogen) atoms. The number of nitrogens with zero attached hydrogens (tertiary/aromatic N) is 1. The van der Waals surface area contributed by atoms with Crippen molar-refractivity contribution in [3.8, 4) is 0 Å². The monoisotopic (exact) mass is 420 g/mol. The van der Waals surface area contributed by atoms with Crippen molar-refractivity contribution in [2.75, 3.05) is 18.1 Å². The highest BCUT2D eigenvalue weighted by Crippen LogP contribution is 2.46. The predicted octanol–water partition coefficient (Wildman–Crippen LogP) is 1.86. The third kappa shape index (κ3) is 5.11. The molecule has 0 aromatic heterocycles. The molecule has 1 aromatic carbocycles. The van der Waals surface area contributed by atoms with Gasteiger partial charge in [-0.2, -0.15) is 11.8 Å². The first kappa shape index (κ1) is 21.6. The molecule has 0 bridgehead atoms. The first-order valence-corrected chi connectivity index (χ1v) is 11.1. The standard InChI is InChI=1S/C21H28N2O5S/c1-14(22-16(19(25)26)8-7-15-5-3-2-4-6-15)18(24)23-12-21(9-10-29-13-21)11-17(23)20(27)28/h2-6,14,16-17,22H,7-13H2,1H3,(H,25,26)(H,27,28)/t14-,16?,17?,21?/m0/s1. The minimum atomic E-state index is -1.01. The molecule has 2 heterocycles. The molecule has 0 saturated carbocycles. The molecule has 2 aliphatic heterocycles. The molecule has 3 unspecified atom stereocenters. The smallest absolute Gasteiger partial charge is 0.326 e. The Hall–Kier alpha value is -2.06. The van der Waals surface area contributed by atoms with E-state index in [1.54, 1.807) is 18.7 Å². The Balaban J connectivity index is 1.64. The molecular formula is C21H28N2O5S. The molecular weight excluding hydrogens is 392 g/mol. The Bertz CT molecular complexity index is 751. The molecule has 3 rings (SSSR count). The van der Waals surface area contributed by atoms with E-state index in [4.69, 9.17) is 0 Å². The number of nitrogens with one attached hydrogen (secondary N) is 1. The average Bonchev–Trinajstić information content (AvgIpc) is 3.32. The second-order valence-electron chi connectivity index (χ2n) is 8.13. The number of aliphatic carboxylic acids is 2. The van der Waals surface area contributed by atoms with Gasteiger partial charge in [0.1, 0.15) is 12.1 Å². The number of hydrogen-bond acceptors (Lipinski definition) is 5. The van der Waals surface area contributed by atoms with Crippen LogP contribution in [0.15, 0.2) is 30.3 Å². The maximum absolute atomic E-state index is 13.0. The highest BCUT2D eigenvalue weighted by atomic mass is 32.2. The van der Waals surface area contributed by atoms with E-state index in [0.717, 1.165) is 23.5 Å². The number of benzene rings is 1. The van der Waals surface area contributed by atoms with E-state index in [1.165, 1.54) is 4.90 Å². The summed E-state index contributed by atoms with van der Waals surface area (Å²) in [5.41, 5.74) is 0.911. The molecule has 2 saturated heterocycles. The zero-order valence-corrected chi connectivity index (χ0v) is 17.4. The lowest BCUT2D eigenvalue weighted by Crippen LogP contribution is -2.53. The number of carboxylic acids is 2. The first-order chi connectivity index (χ1) is 13.8. The van der Waals surface area contributed by atoms with Gasteiger partial charge in [-0.25, -0.2) is 4.79 Å². The van der Waals surface area contributed by atoms with E-state index in [2.05, 4.69) is 5.32 Å². The Kier molecular flexibility index (Phi) is 6.85. The summed E-state index contributed by atoms with van der Waals surface area (Å²) in [4.78, 5) is 37.9. The van der Waals surface area contributed by atoms with Crippen LogP contribution in [0.5, 0.6) is 0 Å². The van der Waals surface area contributed by atoms with Crippen molar-refractivity contribution in [3.63, 3.8) is 0 Å². The maximum atomic E-state index is 13.0. The van der Waals surface area contributed by atoms with Crippen molar-refractivity contribution in [2.24, 2.45) is 5.41 Å². The van der Waals surface area contributed by atoms with Crippen LogP contribution >= 0.6 is 11.8 Å². The Morgan fingerprint density at radius 3 is 2.59 bits per heavy atom. The van der Waals surface area contributed by atoms with E-state index in [1.807, 2.05) is 30.3 Å². The third-order valence-corrected chi connectivity index (χ3v) is 7.25. The summed E-state index contributed by atoms with van der Waals surface area (Å²) in [6.07, 6.45) is 2.32. The average molecular weight is 421 g/mol. The number of rotatable bonds is 8. The van der Waals surface area contributed by atoms with Gasteiger partial charge in [-0.05, 0) is 43.9 Å². The van der Waals surface area contributed by atoms with Crippen molar-refractivity contribution in [3.05, 3.63) is 35.9 Å². The van der Waals surface area contributed by atoms with Gasteiger partial charge in [0.25, 0.3) is 0 Å². The zero-order valence-electron chi connectivity index (χ0n) is 16.5. The second kappa shape index (κ2) is 9.17. The summed E-state index contributed by atoms with van der Waals surface area (Å²) in [5.74, 6) is -0.476. The lowest BCUT2D eigenvalue weighted by Gasteiger charge is -2.28. The van der Waals surface area contributed by atoms with Crippen LogP contribution in [0.2, 0.25) is 0 Å². The zero-order chi connectivity index (χ0) is 21.0. The van der Waals surface area contributed by atoms with Gasteiger partial charge in [0.2, 0.25) is 5.91 Å². The SMILES string of the molecule is C[C@H](NC(CCc1ccccc1)C(=O)O)C(=O)N1CC2(CCSC2)CC1C(=O)O. The van der Waals surface area contributed by atoms with Gasteiger partial charge in [-0.15, -0.1) is 0 Å². The lowest BCUT2D eigenvalue weighted by molar-refractivity contribution is -0.149. The Morgan fingerprint density at radius 1 is 1.28 bits per heavy atom. The van der Waals surface area contributed by atoms with Crippen LogP contribution in [0.3, 0.4) is 0 Å². The number of carboxylic acid groups (broad SMARTS) is 2. The van der Waals surface area contributed by atoms with Gasteiger partial charge < -0.3 is 15.1 Å². The summed E-state index contributed by atoms with van der Waals surface area (Å²) in [5, 5.41) is 22.1. The Morgan fingerprint density at radius 2 is 2.00 bits per heavy atom. The van der Waals surface area contributed by atoms with Crippen LogP contribution in [0.4, 0.5) is 0 Å². The topological polar surface area (TPSA) is 107 Å². The Labute approximate surface area is 174 Å². The molecule has 1 amide bonds. The fourth-order valence-corrected chi connectivity index (χ4v) is 5.81. The van der Waals surface area contributed by atoms with Gasteiger partial charge in [0, 0.05) is 17.7 Å². The summed E-state index contributed by atoms with van der Waals surface area (Å²) in [6, 6.07) is 7.11. The van der Waals surface area contributed by atoms with Crippen molar-refractivity contribution in [1.29, 1.82) is 0 Å². The summed E-state index contributed by atoms with van der Waals surface area (Å²) in [7, 11) is 0. The molecule has 7 nitrogen and oxygen atoms in total. The van der Waals surface area contributed by atoms with Crippen molar-refractivity contribution in [2.45, 2.75) is 50.7 Å². The van der Waals surface area contributed by atoms with Crippen molar-refractivity contribution >= 4 is 29.6 Å². The molecule has 2 fully saturated rings. The first-order valence-electron chi connectivity index (χ1n) is 9.95. The number of thioether (sulfide) groups is 1. The third-order valence-electron chi connectivity index (χ3n) is 5.95. The summed E-state index contributed by atoms with van der Waals surface area (Å²) >= 11 is 1.80. The van der Waals surface area contributed by atoms with E-state index in [0.29, 0.717) is 25.8 Å². The molecule has 2 aliphatic rings. The lowest BCUT2D eigenvalue weighted by atomic mass is 9.85. The number of likely N-dealkylation sites (tertiary alicyclic amines) is 1. The van der Waals surface area contributed by atoms with Crippen LogP contribution in [0, 0.1) is 5.41 Å². The molecule has 0 aliphatic carbocycles. The molecule has 0 radical (unpaired) electrons. The van der Waals surface area contributed by atoms with Crippen LogP contribution < -0.4 is 5.32 Å². The second-order valence-corrected chi connectivity index (χ2v) is 9.24. The number of carbonyl (C=O) groups is 3. The van der Waals surface area contributed by atoms with Gasteiger partial charge >= 0.3 is 11.9 Å².